The summed E-state index contributed by atoms with van der Waals surface area (Å²) in [6.07, 6.45) is 1.49. The van der Waals surface area contributed by atoms with Crippen molar-refractivity contribution in [3.63, 3.8) is 0 Å². The average molecular weight is 255 g/mol. The maximum atomic E-state index is 11.5. The summed E-state index contributed by atoms with van der Waals surface area (Å²) < 4.78 is 0.866. The van der Waals surface area contributed by atoms with Crippen molar-refractivity contribution in [2.45, 2.75) is 26.2 Å². The van der Waals surface area contributed by atoms with E-state index in [2.05, 4.69) is 35.7 Å². The van der Waals surface area contributed by atoms with Gasteiger partial charge in [-0.2, -0.15) is 0 Å². The van der Waals surface area contributed by atoms with Gasteiger partial charge in [0.05, 0.1) is 0 Å². The van der Waals surface area contributed by atoms with Gasteiger partial charge in [0.15, 0.2) is 0 Å². The van der Waals surface area contributed by atoms with Crippen molar-refractivity contribution in [3.8, 4) is 0 Å². The molecule has 2 aromatic heterocycles. The topological polar surface area (TPSA) is 45.8 Å². The van der Waals surface area contributed by atoms with Crippen LogP contribution in [0, 0.1) is 0 Å². The molecule has 0 amide bonds. The van der Waals surface area contributed by atoms with Crippen molar-refractivity contribution in [2.75, 3.05) is 0 Å². The summed E-state index contributed by atoms with van der Waals surface area (Å²) in [6.45, 7) is 6.44. The van der Waals surface area contributed by atoms with E-state index in [1.54, 1.807) is 0 Å². The Morgan fingerprint density at radius 3 is 2.79 bits per heavy atom. The zero-order valence-electron chi connectivity index (χ0n) is 8.42. The van der Waals surface area contributed by atoms with E-state index in [9.17, 15) is 4.79 Å². The molecule has 0 saturated heterocycles. The SMILES string of the molecule is CC(C)(C)c1c[se]c2c(=O)[nH]cnc12. The number of rotatable bonds is 0. The van der Waals surface area contributed by atoms with Crippen molar-refractivity contribution in [2.24, 2.45) is 0 Å². The molecule has 0 aliphatic heterocycles. The zero-order valence-corrected chi connectivity index (χ0v) is 10.1. The van der Waals surface area contributed by atoms with Crippen molar-refractivity contribution in [1.82, 2.24) is 9.97 Å². The number of H-pyrrole nitrogens is 1. The molecule has 0 aliphatic rings. The molecule has 0 aromatic carbocycles. The second kappa shape index (κ2) is 3.07. The van der Waals surface area contributed by atoms with Gasteiger partial charge in [-0.05, 0) is 0 Å². The maximum absolute atomic E-state index is 11.5. The van der Waals surface area contributed by atoms with E-state index in [0.717, 1.165) is 9.78 Å². The van der Waals surface area contributed by atoms with Crippen LogP contribution in [0.5, 0.6) is 0 Å². The van der Waals surface area contributed by atoms with Gasteiger partial charge < -0.3 is 0 Å². The number of nitrogens with one attached hydrogen (secondary N) is 1. The Morgan fingerprint density at radius 1 is 1.43 bits per heavy atom. The molecular formula is C10H12N2OSe. The molecule has 3 nitrogen and oxygen atoms in total. The van der Waals surface area contributed by atoms with Gasteiger partial charge in [0.1, 0.15) is 0 Å². The molecule has 0 spiro atoms. The third kappa shape index (κ3) is 1.45. The molecule has 14 heavy (non-hydrogen) atoms. The number of aromatic nitrogens is 2. The standard InChI is InChI=1S/C10H12N2OSe/c1-10(2,3)6-4-14-8-7(6)11-5-12-9(8)13/h4-5H,1-3H3,(H,11,12,13). The summed E-state index contributed by atoms with van der Waals surface area (Å²) in [5.41, 5.74) is 2.21. The quantitative estimate of drug-likeness (QED) is 0.721. The number of fused-ring (bicyclic) bond motifs is 1. The Labute approximate surface area is 87.9 Å². The Kier molecular flexibility index (Phi) is 2.13. The van der Waals surface area contributed by atoms with Gasteiger partial charge in [0, 0.05) is 0 Å². The van der Waals surface area contributed by atoms with E-state index < -0.39 is 0 Å². The molecule has 2 rings (SSSR count). The zero-order chi connectivity index (χ0) is 10.3. The van der Waals surface area contributed by atoms with E-state index in [0.29, 0.717) is 0 Å². The van der Waals surface area contributed by atoms with Crippen molar-refractivity contribution in [1.29, 1.82) is 0 Å². The number of nitrogens with zero attached hydrogens (tertiary/aromatic N) is 1. The molecule has 74 valence electrons. The summed E-state index contributed by atoms with van der Waals surface area (Å²) >= 11 is 0.153. The molecule has 0 saturated carbocycles. The van der Waals surface area contributed by atoms with Gasteiger partial charge >= 0.3 is 87.6 Å². The molecule has 1 N–H and O–H groups in total. The molecule has 0 bridgehead atoms. The van der Waals surface area contributed by atoms with Crippen LogP contribution in [-0.4, -0.2) is 24.5 Å². The fourth-order valence-corrected chi connectivity index (χ4v) is 3.79. The summed E-state index contributed by atoms with van der Waals surface area (Å²) in [6, 6.07) is 0. The van der Waals surface area contributed by atoms with Crippen molar-refractivity contribution < 1.29 is 0 Å². The van der Waals surface area contributed by atoms with Crippen LogP contribution < -0.4 is 5.56 Å². The fraction of sp³-hybridized carbons (Fsp3) is 0.400. The van der Waals surface area contributed by atoms with Crippen LogP contribution in [0.15, 0.2) is 16.1 Å². The van der Waals surface area contributed by atoms with E-state index in [4.69, 9.17) is 0 Å². The minimum atomic E-state index is 0.0190. The van der Waals surface area contributed by atoms with Crippen LogP contribution in [0.2, 0.25) is 0 Å². The molecule has 4 heteroatoms. The molecule has 2 aromatic rings. The molecule has 0 atom stereocenters. The molecule has 0 radical (unpaired) electrons. The van der Waals surface area contributed by atoms with E-state index in [1.807, 2.05) is 0 Å². The Bertz CT molecular complexity index is 519. The number of hydrogen-bond donors (Lipinski definition) is 1. The average Bonchev–Trinajstić information content (AvgIpc) is 2.47. The first-order valence-corrected chi connectivity index (χ1v) is 6.30. The van der Waals surface area contributed by atoms with Crippen LogP contribution in [0.1, 0.15) is 26.3 Å². The Hall–Kier alpha value is -0.861. The third-order valence-corrected chi connectivity index (χ3v) is 4.20. The van der Waals surface area contributed by atoms with Gasteiger partial charge in [0.25, 0.3) is 0 Å². The number of hydrogen-bond acceptors (Lipinski definition) is 2. The first-order valence-electron chi connectivity index (χ1n) is 4.45. The van der Waals surface area contributed by atoms with E-state index >= 15 is 0 Å². The molecular weight excluding hydrogens is 243 g/mol. The molecule has 0 fully saturated rings. The normalized spacial score (nSPS) is 12.2. The van der Waals surface area contributed by atoms with Crippen molar-refractivity contribution in [3.05, 3.63) is 27.2 Å². The third-order valence-electron chi connectivity index (χ3n) is 2.17. The van der Waals surface area contributed by atoms with Crippen LogP contribution >= 0.6 is 0 Å². The van der Waals surface area contributed by atoms with Gasteiger partial charge in [-0.15, -0.1) is 0 Å². The summed E-state index contributed by atoms with van der Waals surface area (Å²) in [5.74, 6) is 0. The second-order valence-electron chi connectivity index (χ2n) is 4.31. The predicted molar refractivity (Wildman–Crippen MR) is 58.0 cm³/mol. The van der Waals surface area contributed by atoms with Crippen LogP contribution in [-0.2, 0) is 5.41 Å². The van der Waals surface area contributed by atoms with Gasteiger partial charge in [-0.1, -0.05) is 0 Å². The molecule has 2 heterocycles. The first-order chi connectivity index (χ1) is 6.50. The summed E-state index contributed by atoms with van der Waals surface area (Å²) in [5, 5.41) is 0. The van der Waals surface area contributed by atoms with E-state index in [1.165, 1.54) is 11.9 Å². The Morgan fingerprint density at radius 2 is 2.14 bits per heavy atom. The second-order valence-corrected chi connectivity index (χ2v) is 6.15. The van der Waals surface area contributed by atoms with Crippen LogP contribution in [0.4, 0.5) is 0 Å². The van der Waals surface area contributed by atoms with Crippen LogP contribution in [0.25, 0.3) is 9.78 Å². The monoisotopic (exact) mass is 256 g/mol. The van der Waals surface area contributed by atoms with Gasteiger partial charge in [0.2, 0.25) is 0 Å². The van der Waals surface area contributed by atoms with Gasteiger partial charge in [-0.25, -0.2) is 0 Å². The Balaban J connectivity index is 2.83. The number of aromatic amines is 1. The molecule has 0 unspecified atom stereocenters. The van der Waals surface area contributed by atoms with Crippen molar-refractivity contribution >= 4 is 24.3 Å². The fourth-order valence-electron chi connectivity index (χ4n) is 1.39. The summed E-state index contributed by atoms with van der Waals surface area (Å²) in [4.78, 5) is 20.5. The molecule has 0 aliphatic carbocycles. The van der Waals surface area contributed by atoms with E-state index in [-0.39, 0.29) is 25.5 Å². The summed E-state index contributed by atoms with van der Waals surface area (Å²) in [7, 11) is 0. The van der Waals surface area contributed by atoms with Crippen LogP contribution in [0.3, 0.4) is 0 Å². The van der Waals surface area contributed by atoms with Gasteiger partial charge in [-0.3, -0.25) is 0 Å². The minimum absolute atomic E-state index is 0.0190. The predicted octanol–water partition coefficient (Wildman–Crippen LogP) is 1.28. The first kappa shape index (κ1) is 9.69.